The van der Waals surface area contributed by atoms with Crippen molar-refractivity contribution in [2.75, 3.05) is 0 Å². The molecule has 2 rings (SSSR count). The van der Waals surface area contributed by atoms with Crippen LogP contribution in [0.3, 0.4) is 0 Å². The highest BCUT2D eigenvalue weighted by Crippen LogP contribution is 2.00. The van der Waals surface area contributed by atoms with E-state index in [-0.39, 0.29) is 6.61 Å². The minimum atomic E-state index is -0.104. The van der Waals surface area contributed by atoms with Crippen LogP contribution in [0.5, 0.6) is 0 Å². The van der Waals surface area contributed by atoms with Gasteiger partial charge in [0.1, 0.15) is 12.9 Å². The van der Waals surface area contributed by atoms with E-state index < -0.39 is 0 Å². The largest absolute Gasteiger partial charge is 0.388 e. The molecular weight excluding hydrogens is 180 g/mol. The van der Waals surface area contributed by atoms with Gasteiger partial charge in [-0.25, -0.2) is 0 Å². The summed E-state index contributed by atoms with van der Waals surface area (Å²) in [6.45, 7) is 0.483. The van der Waals surface area contributed by atoms with Crippen molar-refractivity contribution in [1.29, 1.82) is 0 Å². The lowest BCUT2D eigenvalue weighted by molar-refractivity contribution is 0.265. The first-order valence-corrected chi connectivity index (χ1v) is 4.27. The Balaban J connectivity index is 2.19. The molecule has 0 unspecified atom stereocenters. The summed E-state index contributed by atoms with van der Waals surface area (Å²) in [5.74, 6) is 0.552. The third-order valence-electron chi connectivity index (χ3n) is 1.90. The molecule has 0 atom stereocenters. The first-order chi connectivity index (χ1) is 6.90. The number of nitrogens with zero attached hydrogens (tertiary/aromatic N) is 4. The lowest BCUT2D eigenvalue weighted by Crippen LogP contribution is -2.05. The zero-order valence-corrected chi connectivity index (χ0v) is 7.54. The Morgan fingerprint density at radius 2 is 2.29 bits per heavy atom. The fraction of sp³-hybridized carbons (Fsp3) is 0.222. The smallest absolute Gasteiger partial charge is 0.158 e. The van der Waals surface area contributed by atoms with E-state index in [1.54, 1.807) is 17.1 Å². The molecule has 0 aromatic carbocycles. The Morgan fingerprint density at radius 1 is 1.36 bits per heavy atom. The molecule has 0 saturated heterocycles. The van der Waals surface area contributed by atoms with Crippen LogP contribution in [0.25, 0.3) is 0 Å². The van der Waals surface area contributed by atoms with E-state index in [2.05, 4.69) is 15.2 Å². The van der Waals surface area contributed by atoms with Crippen molar-refractivity contribution in [2.45, 2.75) is 13.2 Å². The third kappa shape index (κ3) is 1.77. The van der Waals surface area contributed by atoms with E-state index in [4.69, 9.17) is 5.11 Å². The topological polar surface area (TPSA) is 63.8 Å². The van der Waals surface area contributed by atoms with Crippen LogP contribution in [0.1, 0.15) is 11.5 Å². The van der Waals surface area contributed by atoms with Gasteiger partial charge in [-0.15, -0.1) is 10.2 Å². The minimum absolute atomic E-state index is 0.104. The molecule has 0 radical (unpaired) electrons. The number of rotatable bonds is 3. The monoisotopic (exact) mass is 190 g/mol. The first-order valence-electron chi connectivity index (χ1n) is 4.27. The van der Waals surface area contributed by atoms with Crippen LogP contribution in [0.2, 0.25) is 0 Å². The van der Waals surface area contributed by atoms with Crippen molar-refractivity contribution in [1.82, 2.24) is 19.7 Å². The van der Waals surface area contributed by atoms with Crippen molar-refractivity contribution in [3.8, 4) is 0 Å². The summed E-state index contributed by atoms with van der Waals surface area (Å²) >= 11 is 0. The average molecular weight is 190 g/mol. The minimum Gasteiger partial charge on any atom is -0.388 e. The second-order valence-corrected chi connectivity index (χ2v) is 2.85. The molecule has 0 aliphatic rings. The van der Waals surface area contributed by atoms with Crippen molar-refractivity contribution in [2.24, 2.45) is 0 Å². The molecule has 0 amide bonds. The average Bonchev–Trinajstić information content (AvgIpc) is 2.67. The van der Waals surface area contributed by atoms with E-state index in [1.807, 2.05) is 18.2 Å². The molecule has 0 aliphatic heterocycles. The highest BCUT2D eigenvalue weighted by atomic mass is 16.3. The maximum Gasteiger partial charge on any atom is 0.158 e. The lowest BCUT2D eigenvalue weighted by Gasteiger charge is -2.03. The number of hydrogen-bond donors (Lipinski definition) is 1. The maximum absolute atomic E-state index is 8.94. The maximum atomic E-state index is 8.94. The second-order valence-electron chi connectivity index (χ2n) is 2.85. The molecule has 2 aromatic heterocycles. The second kappa shape index (κ2) is 3.97. The fourth-order valence-corrected chi connectivity index (χ4v) is 1.20. The Kier molecular flexibility index (Phi) is 2.51. The molecule has 2 aromatic rings. The van der Waals surface area contributed by atoms with E-state index in [0.29, 0.717) is 12.4 Å². The summed E-state index contributed by atoms with van der Waals surface area (Å²) in [5.41, 5.74) is 0.919. The van der Waals surface area contributed by atoms with Crippen LogP contribution in [0.15, 0.2) is 30.7 Å². The summed E-state index contributed by atoms with van der Waals surface area (Å²) in [5, 5.41) is 16.4. The molecule has 2 heterocycles. The van der Waals surface area contributed by atoms with Crippen LogP contribution in [-0.2, 0) is 13.2 Å². The van der Waals surface area contributed by atoms with Gasteiger partial charge < -0.3 is 9.67 Å². The molecule has 5 heteroatoms. The molecule has 0 aliphatic carbocycles. The van der Waals surface area contributed by atoms with Crippen LogP contribution in [0, 0.1) is 0 Å². The van der Waals surface area contributed by atoms with Crippen molar-refractivity contribution >= 4 is 0 Å². The summed E-state index contributed by atoms with van der Waals surface area (Å²) < 4.78 is 1.77. The van der Waals surface area contributed by atoms with E-state index in [1.165, 1.54) is 0 Å². The van der Waals surface area contributed by atoms with Gasteiger partial charge in [0, 0.05) is 6.20 Å². The Labute approximate surface area is 81.1 Å². The zero-order valence-electron chi connectivity index (χ0n) is 7.54. The van der Waals surface area contributed by atoms with Crippen LogP contribution in [0.4, 0.5) is 0 Å². The van der Waals surface area contributed by atoms with Gasteiger partial charge in [-0.2, -0.15) is 0 Å². The van der Waals surface area contributed by atoms with Gasteiger partial charge in [0.05, 0.1) is 12.2 Å². The van der Waals surface area contributed by atoms with Crippen molar-refractivity contribution < 1.29 is 5.11 Å². The molecular formula is C9H10N4O. The van der Waals surface area contributed by atoms with Gasteiger partial charge in [-0.3, -0.25) is 4.98 Å². The normalized spacial score (nSPS) is 10.4. The number of aliphatic hydroxyl groups excluding tert-OH is 1. The van der Waals surface area contributed by atoms with Gasteiger partial charge in [0.15, 0.2) is 5.82 Å². The van der Waals surface area contributed by atoms with Gasteiger partial charge in [-0.1, -0.05) is 6.07 Å². The predicted octanol–water partition coefficient (Wildman–Crippen LogP) is 0.214. The van der Waals surface area contributed by atoms with Crippen molar-refractivity contribution in [3.05, 3.63) is 42.2 Å². The summed E-state index contributed by atoms with van der Waals surface area (Å²) in [6, 6.07) is 5.70. The fourth-order valence-electron chi connectivity index (χ4n) is 1.20. The van der Waals surface area contributed by atoms with Gasteiger partial charge >= 0.3 is 0 Å². The SMILES string of the molecule is OCc1nncn1Cc1ccccn1. The third-order valence-corrected chi connectivity index (χ3v) is 1.90. The highest BCUT2D eigenvalue weighted by Gasteiger charge is 2.02. The summed E-state index contributed by atoms with van der Waals surface area (Å²) in [4.78, 5) is 4.17. The number of pyridine rings is 1. The number of hydrogen-bond acceptors (Lipinski definition) is 4. The predicted molar refractivity (Wildman–Crippen MR) is 49.3 cm³/mol. The molecule has 0 fully saturated rings. The standard InChI is InChI=1S/C9H10N4O/c14-6-9-12-11-7-13(9)5-8-3-1-2-4-10-8/h1-4,7,14H,5-6H2. The van der Waals surface area contributed by atoms with Gasteiger partial charge in [-0.05, 0) is 12.1 Å². The number of aromatic nitrogens is 4. The van der Waals surface area contributed by atoms with Crippen LogP contribution in [-0.4, -0.2) is 24.9 Å². The first kappa shape index (κ1) is 8.83. The highest BCUT2D eigenvalue weighted by molar-refractivity contribution is 5.04. The van der Waals surface area contributed by atoms with Crippen LogP contribution >= 0.6 is 0 Å². The number of aliphatic hydroxyl groups is 1. The Bertz CT molecular complexity index is 398. The zero-order chi connectivity index (χ0) is 9.80. The van der Waals surface area contributed by atoms with Crippen LogP contribution < -0.4 is 0 Å². The molecule has 5 nitrogen and oxygen atoms in total. The van der Waals surface area contributed by atoms with E-state index >= 15 is 0 Å². The molecule has 0 bridgehead atoms. The molecule has 72 valence electrons. The quantitative estimate of drug-likeness (QED) is 0.751. The summed E-state index contributed by atoms with van der Waals surface area (Å²) in [7, 11) is 0. The Hall–Kier alpha value is -1.75. The molecule has 14 heavy (non-hydrogen) atoms. The Morgan fingerprint density at radius 3 is 3.00 bits per heavy atom. The molecule has 1 N–H and O–H groups in total. The van der Waals surface area contributed by atoms with E-state index in [9.17, 15) is 0 Å². The van der Waals surface area contributed by atoms with E-state index in [0.717, 1.165) is 5.69 Å². The summed E-state index contributed by atoms with van der Waals surface area (Å²) in [6.07, 6.45) is 3.32. The van der Waals surface area contributed by atoms with Gasteiger partial charge in [0.25, 0.3) is 0 Å². The lowest BCUT2D eigenvalue weighted by atomic mass is 10.3. The van der Waals surface area contributed by atoms with Crippen molar-refractivity contribution in [3.63, 3.8) is 0 Å². The molecule has 0 spiro atoms. The molecule has 0 saturated carbocycles. The van der Waals surface area contributed by atoms with Gasteiger partial charge in [0.2, 0.25) is 0 Å².